The van der Waals surface area contributed by atoms with Crippen LogP contribution in [0.2, 0.25) is 0 Å². The van der Waals surface area contributed by atoms with Crippen LogP contribution in [0.5, 0.6) is 0 Å². The van der Waals surface area contributed by atoms with Gasteiger partial charge >= 0.3 is 5.69 Å². The molecule has 0 aromatic heterocycles. The summed E-state index contributed by atoms with van der Waals surface area (Å²) in [6.45, 7) is 1.53. The van der Waals surface area contributed by atoms with E-state index in [-0.39, 0.29) is 10.9 Å². The van der Waals surface area contributed by atoms with Gasteiger partial charge in [0.05, 0.1) is 15.8 Å². The van der Waals surface area contributed by atoms with Gasteiger partial charge in [0, 0.05) is 6.07 Å². The number of hydrogen-bond acceptors (Lipinski definition) is 3. The molecule has 0 heterocycles. The highest BCUT2D eigenvalue weighted by molar-refractivity contribution is 9.09. The van der Waals surface area contributed by atoms with Crippen LogP contribution in [-0.4, -0.2) is 16.0 Å². The number of ketones is 1. The molecule has 0 amide bonds. The second-order valence-corrected chi connectivity index (χ2v) is 3.47. The largest absolute Gasteiger partial charge is 0.305 e. The van der Waals surface area contributed by atoms with E-state index in [4.69, 9.17) is 0 Å². The maximum absolute atomic E-state index is 13.5. The van der Waals surface area contributed by atoms with Gasteiger partial charge in [-0.1, -0.05) is 22.0 Å². The number of nitro groups is 1. The molecule has 0 saturated heterocycles. The average molecular weight is 276 g/mol. The smallest absolute Gasteiger partial charge is 0.293 e. The lowest BCUT2D eigenvalue weighted by atomic mass is 10.0. The molecule has 80 valence electrons. The lowest BCUT2D eigenvalue weighted by molar-refractivity contribution is -0.387. The fraction of sp³-hybridized carbons (Fsp3) is 0.222. The maximum Gasteiger partial charge on any atom is 0.305 e. The van der Waals surface area contributed by atoms with E-state index in [0.29, 0.717) is 5.56 Å². The van der Waals surface area contributed by atoms with Crippen molar-refractivity contribution in [1.29, 1.82) is 0 Å². The zero-order valence-corrected chi connectivity index (χ0v) is 9.38. The minimum Gasteiger partial charge on any atom is -0.293 e. The third-order valence-electron chi connectivity index (χ3n) is 1.93. The summed E-state index contributed by atoms with van der Waals surface area (Å²) in [6, 6.07) is 2.41. The van der Waals surface area contributed by atoms with Crippen LogP contribution >= 0.6 is 15.9 Å². The SMILES string of the molecule is Cc1ccc([N+](=O)[O-])c(F)c1C(=O)CBr. The van der Waals surface area contributed by atoms with Gasteiger partial charge in [0.15, 0.2) is 5.78 Å². The van der Waals surface area contributed by atoms with Crippen molar-refractivity contribution in [3.05, 3.63) is 39.2 Å². The number of benzene rings is 1. The summed E-state index contributed by atoms with van der Waals surface area (Å²) < 4.78 is 13.5. The fourth-order valence-corrected chi connectivity index (χ4v) is 1.49. The first kappa shape index (κ1) is 11.8. The average Bonchev–Trinajstić information content (AvgIpc) is 2.16. The minimum atomic E-state index is -1.07. The summed E-state index contributed by atoms with van der Waals surface area (Å²) in [7, 11) is 0. The van der Waals surface area contributed by atoms with Gasteiger partial charge in [-0.25, -0.2) is 0 Å². The number of hydrogen-bond donors (Lipinski definition) is 0. The van der Waals surface area contributed by atoms with E-state index in [2.05, 4.69) is 15.9 Å². The Labute approximate surface area is 93.4 Å². The molecule has 0 saturated carbocycles. The second-order valence-electron chi connectivity index (χ2n) is 2.90. The van der Waals surface area contributed by atoms with E-state index in [1.807, 2.05) is 0 Å². The van der Waals surface area contributed by atoms with Crippen molar-refractivity contribution >= 4 is 27.4 Å². The summed E-state index contributed by atoms with van der Waals surface area (Å²) in [5.74, 6) is -1.57. The molecule has 15 heavy (non-hydrogen) atoms. The Hall–Kier alpha value is -1.30. The summed E-state index contributed by atoms with van der Waals surface area (Å²) >= 11 is 2.90. The van der Waals surface area contributed by atoms with Crippen LogP contribution in [0.4, 0.5) is 10.1 Å². The van der Waals surface area contributed by atoms with Crippen LogP contribution in [0.3, 0.4) is 0 Å². The number of Topliss-reactive ketones (excluding diaryl/α,β-unsaturated/α-hetero) is 1. The van der Waals surface area contributed by atoms with Crippen molar-refractivity contribution in [2.24, 2.45) is 0 Å². The lowest BCUT2D eigenvalue weighted by Crippen LogP contribution is -2.08. The van der Waals surface area contributed by atoms with Gasteiger partial charge in [-0.3, -0.25) is 14.9 Å². The van der Waals surface area contributed by atoms with E-state index in [1.54, 1.807) is 0 Å². The number of halogens is 2. The Bertz CT molecular complexity index is 434. The first-order valence-corrected chi connectivity index (χ1v) is 5.13. The Morgan fingerprint density at radius 3 is 2.67 bits per heavy atom. The van der Waals surface area contributed by atoms with Crippen molar-refractivity contribution in [2.75, 3.05) is 5.33 Å². The summed E-state index contributed by atoms with van der Waals surface area (Å²) in [4.78, 5) is 20.9. The van der Waals surface area contributed by atoms with Gasteiger partial charge < -0.3 is 0 Å². The predicted octanol–water partition coefficient (Wildman–Crippen LogP) is 2.62. The number of aryl methyl sites for hydroxylation is 1. The van der Waals surface area contributed by atoms with Gasteiger partial charge in [-0.05, 0) is 12.5 Å². The van der Waals surface area contributed by atoms with Gasteiger partial charge in [0.2, 0.25) is 5.82 Å². The topological polar surface area (TPSA) is 60.2 Å². The second kappa shape index (κ2) is 4.48. The summed E-state index contributed by atoms with van der Waals surface area (Å²) in [6.07, 6.45) is 0. The Morgan fingerprint density at radius 2 is 2.20 bits per heavy atom. The third kappa shape index (κ3) is 2.20. The third-order valence-corrected chi connectivity index (χ3v) is 2.44. The van der Waals surface area contributed by atoms with E-state index in [9.17, 15) is 19.3 Å². The van der Waals surface area contributed by atoms with Crippen molar-refractivity contribution in [3.63, 3.8) is 0 Å². The molecular formula is C9H7BrFNO3. The van der Waals surface area contributed by atoms with Crippen molar-refractivity contribution in [1.82, 2.24) is 0 Å². The number of carbonyl (C=O) groups excluding carboxylic acids is 1. The first-order chi connectivity index (χ1) is 6.99. The summed E-state index contributed by atoms with van der Waals surface area (Å²) in [5, 5.41) is 10.4. The van der Waals surface area contributed by atoms with Gasteiger partial charge in [-0.2, -0.15) is 4.39 Å². The zero-order valence-electron chi connectivity index (χ0n) is 7.79. The van der Waals surface area contributed by atoms with E-state index in [1.165, 1.54) is 13.0 Å². The Morgan fingerprint density at radius 1 is 1.60 bits per heavy atom. The number of nitrogens with zero attached hydrogens (tertiary/aromatic N) is 1. The number of carbonyl (C=O) groups is 1. The summed E-state index contributed by atoms with van der Waals surface area (Å²) in [5.41, 5.74) is -0.506. The molecule has 6 heteroatoms. The molecule has 0 aliphatic rings. The molecule has 0 aliphatic heterocycles. The van der Waals surface area contributed by atoms with Crippen LogP contribution in [0.15, 0.2) is 12.1 Å². The van der Waals surface area contributed by atoms with Crippen LogP contribution in [0.1, 0.15) is 15.9 Å². The molecule has 0 N–H and O–H groups in total. The van der Waals surface area contributed by atoms with Gasteiger partial charge in [-0.15, -0.1) is 0 Å². The van der Waals surface area contributed by atoms with Crippen molar-refractivity contribution < 1.29 is 14.1 Å². The molecular weight excluding hydrogens is 269 g/mol. The minimum absolute atomic E-state index is 0.0636. The molecule has 0 spiro atoms. The highest BCUT2D eigenvalue weighted by Gasteiger charge is 2.23. The highest BCUT2D eigenvalue weighted by atomic mass is 79.9. The molecule has 0 bridgehead atoms. The quantitative estimate of drug-likeness (QED) is 0.369. The van der Waals surface area contributed by atoms with E-state index < -0.39 is 22.2 Å². The van der Waals surface area contributed by atoms with Crippen LogP contribution < -0.4 is 0 Å². The van der Waals surface area contributed by atoms with Crippen LogP contribution in [0, 0.1) is 22.9 Å². The molecule has 0 unspecified atom stereocenters. The Kier molecular flexibility index (Phi) is 3.52. The molecule has 1 aromatic rings. The molecule has 1 rings (SSSR count). The number of rotatable bonds is 3. The molecule has 0 fully saturated rings. The van der Waals surface area contributed by atoms with E-state index in [0.717, 1.165) is 6.07 Å². The van der Waals surface area contributed by atoms with E-state index >= 15 is 0 Å². The first-order valence-electron chi connectivity index (χ1n) is 4.01. The molecule has 4 nitrogen and oxygen atoms in total. The van der Waals surface area contributed by atoms with Gasteiger partial charge in [0.1, 0.15) is 0 Å². The highest BCUT2D eigenvalue weighted by Crippen LogP contribution is 2.24. The maximum atomic E-state index is 13.5. The van der Waals surface area contributed by atoms with Crippen molar-refractivity contribution in [3.8, 4) is 0 Å². The van der Waals surface area contributed by atoms with Crippen LogP contribution in [-0.2, 0) is 0 Å². The molecule has 0 radical (unpaired) electrons. The molecule has 0 atom stereocenters. The van der Waals surface area contributed by atoms with Crippen LogP contribution in [0.25, 0.3) is 0 Å². The predicted molar refractivity (Wildman–Crippen MR) is 55.9 cm³/mol. The lowest BCUT2D eigenvalue weighted by Gasteiger charge is -2.04. The van der Waals surface area contributed by atoms with Gasteiger partial charge in [0.25, 0.3) is 0 Å². The zero-order chi connectivity index (χ0) is 11.6. The number of alkyl halides is 1. The number of nitro benzene ring substituents is 1. The Balaban J connectivity index is 3.43. The normalized spacial score (nSPS) is 10.1. The van der Waals surface area contributed by atoms with Crippen molar-refractivity contribution in [2.45, 2.75) is 6.92 Å². The monoisotopic (exact) mass is 275 g/mol. The molecule has 1 aromatic carbocycles. The fourth-order valence-electron chi connectivity index (χ4n) is 1.21. The molecule has 0 aliphatic carbocycles. The standard InChI is InChI=1S/C9H7BrFNO3/c1-5-2-3-6(12(14)15)9(11)8(5)7(13)4-10/h2-3H,4H2,1H3.